The molecule has 0 saturated carbocycles. The third-order valence-corrected chi connectivity index (χ3v) is 11.3. The highest BCUT2D eigenvalue weighted by Gasteiger charge is 2.36. The Morgan fingerprint density at radius 1 is 0.556 bits per heavy atom. The van der Waals surface area contributed by atoms with E-state index in [1.165, 1.54) is 13.8 Å². The van der Waals surface area contributed by atoms with Crippen molar-refractivity contribution >= 4 is 59.1 Å². The topological polar surface area (TPSA) is 393 Å². The van der Waals surface area contributed by atoms with Gasteiger partial charge in [0, 0.05) is 25.6 Å². The van der Waals surface area contributed by atoms with E-state index in [1.54, 1.807) is 52.0 Å². The number of carbonyl (C=O) groups is 8. The highest BCUT2D eigenvalue weighted by Crippen LogP contribution is 2.13. The number of amides is 8. The van der Waals surface area contributed by atoms with Gasteiger partial charge in [0.25, 0.3) is 0 Å². The van der Waals surface area contributed by atoms with E-state index in [4.69, 9.17) is 28.3 Å². The standard InChI is InChI=1S/C49H86N14O9/c1-26(2)22-36(57-31(10)65)44(68)60-38(24-28(5)6)46(70)63-40(30(9)64)48(72)61-37(23-27(3)4)45(69)58-35(15-13-21-55-49(53)54)43(67)62-39(29(7)8)47(71)59-34(14-11-12-20-50)42(66)56-25-32-16-18-33(19-17-32)41(51)52/h16-19,26-30,34-40,64H,11-15,20-25,50H2,1-10H3,(H3,51,52)(H,56,66)(H,57,65)(H,58,69)(H,59,71)(H,60,68)(H,61,72)(H,62,67)(H,63,70)(H4,53,54,55)/t30-,34+,35+,36+,37+,38+,39+,40+/m1/s1. The highest BCUT2D eigenvalue weighted by atomic mass is 16.3. The van der Waals surface area contributed by atoms with Crippen molar-refractivity contribution in [2.45, 2.75) is 176 Å². The van der Waals surface area contributed by atoms with E-state index >= 15 is 0 Å². The van der Waals surface area contributed by atoms with Crippen LogP contribution in [0.15, 0.2) is 29.3 Å². The summed E-state index contributed by atoms with van der Waals surface area (Å²) in [5, 5.41) is 40.0. The monoisotopic (exact) mass is 1010 g/mol. The minimum Gasteiger partial charge on any atom is -0.391 e. The van der Waals surface area contributed by atoms with Gasteiger partial charge in [0.1, 0.15) is 48.1 Å². The lowest BCUT2D eigenvalue weighted by Gasteiger charge is -2.30. The van der Waals surface area contributed by atoms with Crippen molar-refractivity contribution in [2.24, 2.45) is 51.6 Å². The molecular weight excluding hydrogens is 929 g/mol. The van der Waals surface area contributed by atoms with Crippen LogP contribution in [0.25, 0.3) is 0 Å². The van der Waals surface area contributed by atoms with Crippen molar-refractivity contribution in [3.63, 3.8) is 0 Å². The largest absolute Gasteiger partial charge is 0.391 e. The summed E-state index contributed by atoms with van der Waals surface area (Å²) in [5.41, 5.74) is 23.6. The zero-order valence-electron chi connectivity index (χ0n) is 44.0. The second-order valence-electron chi connectivity index (χ2n) is 19.9. The zero-order valence-corrected chi connectivity index (χ0v) is 44.0. The van der Waals surface area contributed by atoms with Crippen molar-refractivity contribution in [1.29, 1.82) is 5.41 Å². The number of aliphatic imine (C=N–C) groups is 1. The third kappa shape index (κ3) is 24.7. The Balaban J connectivity index is 3.42. The van der Waals surface area contributed by atoms with Crippen LogP contribution in [-0.2, 0) is 44.9 Å². The number of nitrogen functional groups attached to an aromatic ring is 1. The Morgan fingerprint density at radius 2 is 0.972 bits per heavy atom. The Bertz CT molecular complexity index is 1970. The number of hydrogen-bond donors (Lipinski definition) is 14. The average molecular weight is 1020 g/mol. The molecule has 0 aliphatic rings. The van der Waals surface area contributed by atoms with Crippen LogP contribution in [0.2, 0.25) is 0 Å². The lowest BCUT2D eigenvalue weighted by atomic mass is 9.99. The Labute approximate surface area is 425 Å². The fraction of sp³-hybridized carbons (Fsp3) is 0.673. The molecule has 72 heavy (non-hydrogen) atoms. The first-order valence-electron chi connectivity index (χ1n) is 24.9. The van der Waals surface area contributed by atoms with Gasteiger partial charge in [0.05, 0.1) is 6.10 Å². The summed E-state index contributed by atoms with van der Waals surface area (Å²) >= 11 is 0. The molecule has 0 fully saturated rings. The number of rotatable bonds is 33. The second kappa shape index (κ2) is 32.6. The summed E-state index contributed by atoms with van der Waals surface area (Å²) in [6, 6.07) is -1.72. The molecule has 8 amide bonds. The van der Waals surface area contributed by atoms with Gasteiger partial charge in [-0.05, 0) is 94.1 Å². The highest BCUT2D eigenvalue weighted by molar-refractivity contribution is 5.98. The van der Waals surface area contributed by atoms with E-state index in [-0.39, 0.29) is 74.7 Å². The maximum atomic E-state index is 14.2. The van der Waals surface area contributed by atoms with E-state index in [0.29, 0.717) is 31.4 Å². The molecule has 0 saturated heterocycles. The number of aliphatic hydroxyl groups excluding tert-OH is 1. The molecule has 23 heteroatoms. The van der Waals surface area contributed by atoms with E-state index in [1.807, 2.05) is 27.7 Å². The first-order chi connectivity index (χ1) is 33.7. The molecule has 0 aliphatic heterocycles. The molecule has 406 valence electrons. The molecule has 0 bridgehead atoms. The number of hydrogen-bond acceptors (Lipinski definition) is 12. The average Bonchev–Trinajstić information content (AvgIpc) is 3.27. The molecule has 0 heterocycles. The van der Waals surface area contributed by atoms with Gasteiger partial charge in [-0.15, -0.1) is 0 Å². The van der Waals surface area contributed by atoms with Gasteiger partial charge in [0.2, 0.25) is 47.3 Å². The summed E-state index contributed by atoms with van der Waals surface area (Å²) in [5.74, 6) is -6.47. The van der Waals surface area contributed by atoms with E-state index < -0.39 is 102 Å². The van der Waals surface area contributed by atoms with Gasteiger partial charge in [-0.3, -0.25) is 48.8 Å². The van der Waals surface area contributed by atoms with Gasteiger partial charge in [-0.25, -0.2) is 0 Å². The van der Waals surface area contributed by atoms with Crippen molar-refractivity contribution < 1.29 is 43.5 Å². The summed E-state index contributed by atoms with van der Waals surface area (Å²) in [6.07, 6.45) is 0.550. The van der Waals surface area contributed by atoms with Crippen LogP contribution in [0, 0.1) is 29.1 Å². The molecule has 1 rings (SSSR count). The molecule has 23 nitrogen and oxygen atoms in total. The predicted molar refractivity (Wildman–Crippen MR) is 276 cm³/mol. The summed E-state index contributed by atoms with van der Waals surface area (Å²) in [4.78, 5) is 113. The maximum Gasteiger partial charge on any atom is 0.245 e. The number of amidine groups is 1. The van der Waals surface area contributed by atoms with Gasteiger partial charge in [-0.1, -0.05) is 79.7 Å². The SMILES string of the molecule is CC(=O)N[C@@H](CC(C)C)C(=O)N[C@@H](CC(C)C)C(=O)N[C@H](C(=O)N[C@@H](CC(C)C)C(=O)N[C@@H](CCCN=C(N)N)C(=O)N[C@H](C(=O)N[C@@H](CCCCN)C(=O)NCc1ccc(C(=N)N)cc1)C(C)C)[C@@H](C)O. The van der Waals surface area contributed by atoms with Crippen LogP contribution in [0.1, 0.15) is 132 Å². The molecule has 0 aromatic heterocycles. The zero-order chi connectivity index (χ0) is 54.8. The van der Waals surface area contributed by atoms with E-state index in [0.717, 1.165) is 5.56 Å². The summed E-state index contributed by atoms with van der Waals surface area (Å²) in [7, 11) is 0. The Morgan fingerprint density at radius 3 is 1.43 bits per heavy atom. The van der Waals surface area contributed by atoms with Gasteiger partial charge >= 0.3 is 0 Å². The number of guanidine groups is 1. The fourth-order valence-corrected chi connectivity index (χ4v) is 7.52. The Kier molecular flexibility index (Phi) is 28.8. The van der Waals surface area contributed by atoms with Gasteiger partial charge < -0.3 is 70.6 Å². The molecule has 18 N–H and O–H groups in total. The number of benzene rings is 1. The Hall–Kier alpha value is -6.36. The number of carbonyl (C=O) groups excluding carboxylic acids is 8. The van der Waals surface area contributed by atoms with Gasteiger partial charge in [-0.2, -0.15) is 0 Å². The molecule has 0 radical (unpaired) electrons. The third-order valence-electron chi connectivity index (χ3n) is 11.3. The first kappa shape index (κ1) is 63.7. The second-order valence-corrected chi connectivity index (χ2v) is 19.9. The molecular formula is C49H86N14O9. The van der Waals surface area contributed by atoms with E-state index in [2.05, 4.69) is 47.5 Å². The molecule has 0 spiro atoms. The van der Waals surface area contributed by atoms with Crippen LogP contribution < -0.4 is 65.5 Å². The van der Waals surface area contributed by atoms with Crippen molar-refractivity contribution in [2.75, 3.05) is 13.1 Å². The van der Waals surface area contributed by atoms with Crippen LogP contribution in [0.5, 0.6) is 0 Å². The van der Waals surface area contributed by atoms with Gasteiger partial charge in [0.15, 0.2) is 5.96 Å². The van der Waals surface area contributed by atoms with Crippen LogP contribution in [0.4, 0.5) is 0 Å². The number of unbranched alkanes of at least 4 members (excludes halogenated alkanes) is 1. The normalized spacial score (nSPS) is 14.6. The lowest BCUT2D eigenvalue weighted by Crippen LogP contribution is -2.62. The lowest BCUT2D eigenvalue weighted by molar-refractivity contribution is -0.137. The van der Waals surface area contributed by atoms with Crippen molar-refractivity contribution in [3.8, 4) is 0 Å². The molecule has 0 aliphatic carbocycles. The fourth-order valence-electron chi connectivity index (χ4n) is 7.52. The van der Waals surface area contributed by atoms with Crippen LogP contribution >= 0.6 is 0 Å². The minimum absolute atomic E-state index is 0.0179. The van der Waals surface area contributed by atoms with Crippen LogP contribution in [-0.4, -0.2) is 126 Å². The van der Waals surface area contributed by atoms with E-state index in [9.17, 15) is 43.5 Å². The summed E-state index contributed by atoms with van der Waals surface area (Å²) < 4.78 is 0. The van der Waals surface area contributed by atoms with Crippen LogP contribution in [0.3, 0.4) is 0 Å². The van der Waals surface area contributed by atoms with Crippen molar-refractivity contribution in [3.05, 3.63) is 35.4 Å². The number of nitrogens with two attached hydrogens (primary N) is 4. The number of aliphatic hydroxyl groups is 1. The quantitative estimate of drug-likeness (QED) is 0.0237. The molecule has 1 aromatic carbocycles. The first-order valence-corrected chi connectivity index (χ1v) is 24.9. The molecule has 1 aromatic rings. The maximum absolute atomic E-state index is 14.2. The smallest absolute Gasteiger partial charge is 0.245 e. The number of nitrogens with zero attached hydrogens (tertiary/aromatic N) is 1. The van der Waals surface area contributed by atoms with Crippen molar-refractivity contribution in [1.82, 2.24) is 42.5 Å². The predicted octanol–water partition coefficient (Wildman–Crippen LogP) is -0.642. The summed E-state index contributed by atoms with van der Waals surface area (Å²) in [6.45, 7) is 17.5. The molecule has 0 unspecified atom stereocenters. The number of nitrogens with one attached hydrogen (secondary N) is 9. The molecule has 8 atom stereocenters. The minimum atomic E-state index is -1.60.